The van der Waals surface area contributed by atoms with Gasteiger partial charge in [0.2, 0.25) is 11.8 Å². The molecule has 4 rings (SSSR count). The van der Waals surface area contributed by atoms with Crippen molar-refractivity contribution in [1.82, 2.24) is 15.5 Å². The molecule has 2 bridgehead atoms. The number of nitrogens with zero attached hydrogens (tertiary/aromatic N) is 2. The van der Waals surface area contributed by atoms with Gasteiger partial charge in [-0.3, -0.25) is 19.5 Å². The summed E-state index contributed by atoms with van der Waals surface area (Å²) in [5.74, 6) is 1.04. The van der Waals surface area contributed by atoms with Crippen LogP contribution in [0.25, 0.3) is 0 Å². The smallest absolute Gasteiger partial charge is 0.233 e. The molecule has 1 saturated carbocycles. The summed E-state index contributed by atoms with van der Waals surface area (Å²) in [5.41, 5.74) is 2.52. The summed E-state index contributed by atoms with van der Waals surface area (Å²) in [6, 6.07) is 8.50. The number of rotatable bonds is 7. The molecule has 1 aliphatic heterocycles. The van der Waals surface area contributed by atoms with Crippen molar-refractivity contribution in [2.45, 2.75) is 26.7 Å². The maximum Gasteiger partial charge on any atom is 0.233 e. The fourth-order valence-corrected chi connectivity index (χ4v) is 4.86. The number of amides is 2. The van der Waals surface area contributed by atoms with Crippen molar-refractivity contribution in [2.75, 3.05) is 26.2 Å². The van der Waals surface area contributed by atoms with E-state index in [1.807, 2.05) is 6.92 Å². The van der Waals surface area contributed by atoms with Gasteiger partial charge in [-0.1, -0.05) is 42.0 Å². The van der Waals surface area contributed by atoms with Crippen LogP contribution in [0.15, 0.2) is 41.4 Å². The second-order valence-electron chi connectivity index (χ2n) is 8.25. The molecule has 6 nitrogen and oxygen atoms in total. The van der Waals surface area contributed by atoms with Gasteiger partial charge in [-0.2, -0.15) is 0 Å². The third-order valence-corrected chi connectivity index (χ3v) is 6.32. The summed E-state index contributed by atoms with van der Waals surface area (Å²) in [6.45, 7) is 6.45. The monoisotopic (exact) mass is 394 g/mol. The van der Waals surface area contributed by atoms with E-state index >= 15 is 0 Å². The fraction of sp³-hybridized carbons (Fsp3) is 0.522. The molecule has 6 heteroatoms. The van der Waals surface area contributed by atoms with Gasteiger partial charge in [-0.15, -0.1) is 0 Å². The molecule has 1 heterocycles. The Bertz CT molecular complexity index is 800. The van der Waals surface area contributed by atoms with Crippen molar-refractivity contribution >= 4 is 17.8 Å². The minimum absolute atomic E-state index is 0.0139. The van der Waals surface area contributed by atoms with Gasteiger partial charge in [-0.25, -0.2) is 0 Å². The molecule has 2 fully saturated rings. The Kier molecular flexibility index (Phi) is 5.69. The largest absolute Gasteiger partial charge is 0.357 e. The maximum atomic E-state index is 12.7. The number of benzene rings is 1. The molecule has 2 N–H and O–H groups in total. The molecule has 1 saturated heterocycles. The number of carbonyl (C=O) groups is 2. The molecule has 0 radical (unpaired) electrons. The zero-order chi connectivity index (χ0) is 20.4. The summed E-state index contributed by atoms with van der Waals surface area (Å²) < 4.78 is 0. The van der Waals surface area contributed by atoms with Gasteiger partial charge < -0.3 is 10.6 Å². The molecule has 4 atom stereocenters. The highest BCUT2D eigenvalue weighted by atomic mass is 16.2. The number of likely N-dealkylation sites (tertiary alicyclic amines) is 1. The van der Waals surface area contributed by atoms with Crippen LogP contribution < -0.4 is 10.6 Å². The van der Waals surface area contributed by atoms with Crippen molar-refractivity contribution in [3.05, 3.63) is 47.5 Å². The third kappa shape index (κ3) is 3.93. The van der Waals surface area contributed by atoms with Crippen molar-refractivity contribution in [1.29, 1.82) is 0 Å². The number of guanidine groups is 1. The summed E-state index contributed by atoms with van der Waals surface area (Å²) >= 11 is 0. The van der Waals surface area contributed by atoms with Crippen molar-refractivity contribution in [3.8, 4) is 0 Å². The average Bonchev–Trinajstić information content (AvgIpc) is 3.39. The molecule has 3 aliphatic rings. The molecule has 154 valence electrons. The number of aliphatic imine (C=N–C) groups is 1. The zero-order valence-corrected chi connectivity index (χ0v) is 17.2. The lowest BCUT2D eigenvalue weighted by Crippen LogP contribution is -2.43. The Morgan fingerprint density at radius 3 is 2.34 bits per heavy atom. The van der Waals surface area contributed by atoms with Gasteiger partial charge in [0.25, 0.3) is 0 Å². The quantitative estimate of drug-likeness (QED) is 0.321. The molecular formula is C23H30N4O2. The van der Waals surface area contributed by atoms with E-state index in [-0.39, 0.29) is 35.5 Å². The molecule has 0 aromatic heterocycles. The zero-order valence-electron chi connectivity index (χ0n) is 17.2. The van der Waals surface area contributed by atoms with Crippen LogP contribution in [-0.2, 0) is 16.0 Å². The first kappa shape index (κ1) is 19.7. The number of allylic oxidation sites excluding steroid dienone is 2. The minimum Gasteiger partial charge on any atom is -0.357 e. The predicted molar refractivity (Wildman–Crippen MR) is 113 cm³/mol. The molecule has 4 unspecified atom stereocenters. The summed E-state index contributed by atoms with van der Waals surface area (Å²) in [7, 11) is 0. The highest BCUT2D eigenvalue weighted by molar-refractivity contribution is 6.06. The highest BCUT2D eigenvalue weighted by Gasteiger charge is 2.58. The van der Waals surface area contributed by atoms with Crippen LogP contribution in [0.1, 0.15) is 24.5 Å². The molecular weight excluding hydrogens is 364 g/mol. The lowest BCUT2D eigenvalue weighted by atomic mass is 9.85. The molecule has 29 heavy (non-hydrogen) atoms. The highest BCUT2D eigenvalue weighted by Crippen LogP contribution is 2.52. The maximum absolute atomic E-state index is 12.7. The molecule has 0 spiro atoms. The summed E-state index contributed by atoms with van der Waals surface area (Å²) in [6.07, 6.45) is 6.10. The standard InChI is InChI=1S/C23H30N4O2/c1-3-24-23(25-11-10-16-6-4-15(2)5-7-16)26-12-13-27-21(28)19-17-8-9-18(14-17)20(19)22(27)29/h4-9,17-20H,3,10-14H2,1-2H3,(H2,24,25,26). The van der Waals surface area contributed by atoms with Gasteiger partial charge in [-0.05, 0) is 44.1 Å². The molecule has 1 aromatic rings. The van der Waals surface area contributed by atoms with Crippen LogP contribution in [-0.4, -0.2) is 48.9 Å². The fourth-order valence-electron chi connectivity index (χ4n) is 4.86. The van der Waals surface area contributed by atoms with E-state index in [1.54, 1.807) is 0 Å². The van der Waals surface area contributed by atoms with Gasteiger partial charge in [0.1, 0.15) is 0 Å². The van der Waals surface area contributed by atoms with Crippen molar-refractivity contribution in [2.24, 2.45) is 28.7 Å². The Balaban J connectivity index is 1.28. The van der Waals surface area contributed by atoms with E-state index < -0.39 is 0 Å². The number of fused-ring (bicyclic) bond motifs is 5. The number of aryl methyl sites for hydroxylation is 1. The first-order valence-corrected chi connectivity index (χ1v) is 10.7. The summed E-state index contributed by atoms with van der Waals surface area (Å²) in [5, 5.41) is 6.50. The number of hydrogen-bond acceptors (Lipinski definition) is 3. The van der Waals surface area contributed by atoms with E-state index in [9.17, 15) is 9.59 Å². The van der Waals surface area contributed by atoms with Crippen molar-refractivity contribution < 1.29 is 9.59 Å². The van der Waals surface area contributed by atoms with E-state index in [0.717, 1.165) is 25.3 Å². The normalized spacial score (nSPS) is 27.7. The van der Waals surface area contributed by atoms with E-state index in [2.05, 4.69) is 59.0 Å². The van der Waals surface area contributed by atoms with Gasteiger partial charge in [0.15, 0.2) is 5.96 Å². The van der Waals surface area contributed by atoms with Gasteiger partial charge in [0, 0.05) is 26.2 Å². The topological polar surface area (TPSA) is 73.8 Å². The Morgan fingerprint density at radius 2 is 1.72 bits per heavy atom. The summed E-state index contributed by atoms with van der Waals surface area (Å²) in [4.78, 5) is 31.6. The number of carbonyl (C=O) groups excluding carboxylic acids is 2. The van der Waals surface area contributed by atoms with Gasteiger partial charge >= 0.3 is 0 Å². The third-order valence-electron chi connectivity index (χ3n) is 6.32. The lowest BCUT2D eigenvalue weighted by Gasteiger charge is -2.18. The van der Waals surface area contributed by atoms with E-state index in [1.165, 1.54) is 16.0 Å². The van der Waals surface area contributed by atoms with E-state index in [0.29, 0.717) is 19.6 Å². The number of hydrogen-bond donors (Lipinski definition) is 2. The Morgan fingerprint density at radius 1 is 1.07 bits per heavy atom. The van der Waals surface area contributed by atoms with Crippen LogP contribution >= 0.6 is 0 Å². The second kappa shape index (κ2) is 8.39. The van der Waals surface area contributed by atoms with Crippen LogP contribution in [0.5, 0.6) is 0 Å². The average molecular weight is 395 g/mol. The minimum atomic E-state index is -0.117. The van der Waals surface area contributed by atoms with Gasteiger partial charge in [0.05, 0.1) is 11.8 Å². The van der Waals surface area contributed by atoms with Crippen molar-refractivity contribution in [3.63, 3.8) is 0 Å². The van der Waals surface area contributed by atoms with Crippen LogP contribution in [0, 0.1) is 30.6 Å². The van der Waals surface area contributed by atoms with Crippen LogP contribution in [0.2, 0.25) is 0 Å². The SMILES string of the molecule is CCNC(=NCCc1ccc(C)cc1)NCCN1C(=O)C2C3C=CC(C3)C2C1=O. The van der Waals surface area contributed by atoms with Crippen LogP contribution in [0.4, 0.5) is 0 Å². The first-order valence-electron chi connectivity index (χ1n) is 10.7. The molecule has 1 aromatic carbocycles. The molecule has 2 aliphatic carbocycles. The Labute approximate surface area is 172 Å². The predicted octanol–water partition coefficient (Wildman–Crippen LogP) is 1.90. The Hall–Kier alpha value is -2.63. The first-order chi connectivity index (χ1) is 14.1. The van der Waals surface area contributed by atoms with E-state index in [4.69, 9.17) is 0 Å². The lowest BCUT2D eigenvalue weighted by molar-refractivity contribution is -0.140. The second-order valence-corrected chi connectivity index (χ2v) is 8.25. The number of nitrogens with one attached hydrogen (secondary N) is 2. The number of imide groups is 1. The molecule has 2 amide bonds. The van der Waals surface area contributed by atoms with Crippen LogP contribution in [0.3, 0.4) is 0 Å².